The number of aromatic nitrogens is 3. The van der Waals surface area contributed by atoms with E-state index in [1.165, 1.54) is 6.42 Å². The van der Waals surface area contributed by atoms with Crippen molar-refractivity contribution >= 4 is 5.91 Å². The second-order valence-corrected chi connectivity index (χ2v) is 6.59. The van der Waals surface area contributed by atoms with Crippen LogP contribution in [0.25, 0.3) is 0 Å². The summed E-state index contributed by atoms with van der Waals surface area (Å²) in [5.41, 5.74) is 0. The van der Waals surface area contributed by atoms with Crippen molar-refractivity contribution < 1.29 is 4.79 Å². The van der Waals surface area contributed by atoms with Gasteiger partial charge in [-0.15, -0.1) is 5.10 Å². The highest BCUT2D eigenvalue weighted by atomic mass is 16.2. The molecule has 6 heteroatoms. The molecule has 1 atom stereocenters. The maximum atomic E-state index is 12.7. The van der Waals surface area contributed by atoms with Crippen molar-refractivity contribution in [1.82, 2.24) is 24.8 Å². The molecule has 1 aliphatic heterocycles. The molecular formula is C15H25N5O. The minimum absolute atomic E-state index is 0.230. The third-order valence-corrected chi connectivity index (χ3v) is 4.97. The van der Waals surface area contributed by atoms with Crippen LogP contribution < -0.4 is 0 Å². The van der Waals surface area contributed by atoms with E-state index in [4.69, 9.17) is 0 Å². The van der Waals surface area contributed by atoms with Gasteiger partial charge in [-0.05, 0) is 46.2 Å². The molecular weight excluding hydrogens is 266 g/mol. The molecule has 21 heavy (non-hydrogen) atoms. The van der Waals surface area contributed by atoms with Crippen molar-refractivity contribution in [2.24, 2.45) is 5.92 Å². The van der Waals surface area contributed by atoms with Gasteiger partial charge in [0.15, 0.2) is 0 Å². The summed E-state index contributed by atoms with van der Waals surface area (Å²) in [5, 5.41) is 7.89. The average molecular weight is 291 g/mol. The van der Waals surface area contributed by atoms with E-state index in [9.17, 15) is 4.79 Å². The molecule has 1 aromatic rings. The first-order chi connectivity index (χ1) is 10.1. The number of carbonyl (C=O) groups excluding carboxylic acids is 1. The van der Waals surface area contributed by atoms with E-state index in [0.717, 1.165) is 38.8 Å². The standard InChI is InChI=1S/C15H25N5O/c1-18(2)14-9-12(10-14)15(21)20-7-4-3-5-13(20)11-19-8-6-16-17-19/h6,8,12-14H,3-5,7,9-11H2,1-2H3. The Bertz CT molecular complexity index is 466. The molecule has 0 spiro atoms. The van der Waals surface area contributed by atoms with Crippen LogP contribution >= 0.6 is 0 Å². The SMILES string of the molecule is CN(C)C1CC(C(=O)N2CCCCC2Cn2ccnn2)C1. The maximum absolute atomic E-state index is 12.7. The number of hydrogen-bond donors (Lipinski definition) is 0. The van der Waals surface area contributed by atoms with Gasteiger partial charge in [-0.3, -0.25) is 9.48 Å². The Hall–Kier alpha value is -1.43. The van der Waals surface area contributed by atoms with E-state index >= 15 is 0 Å². The van der Waals surface area contributed by atoms with Gasteiger partial charge in [-0.2, -0.15) is 0 Å². The molecule has 1 saturated heterocycles. The Balaban J connectivity index is 1.60. The van der Waals surface area contributed by atoms with E-state index in [1.54, 1.807) is 6.20 Å². The molecule has 1 unspecified atom stereocenters. The zero-order valence-electron chi connectivity index (χ0n) is 13.0. The highest BCUT2D eigenvalue weighted by Crippen LogP contribution is 2.33. The summed E-state index contributed by atoms with van der Waals surface area (Å²) in [6, 6.07) is 0.865. The van der Waals surface area contributed by atoms with Gasteiger partial charge in [0.25, 0.3) is 0 Å². The van der Waals surface area contributed by atoms with Gasteiger partial charge >= 0.3 is 0 Å². The van der Waals surface area contributed by atoms with Gasteiger partial charge in [0, 0.05) is 24.7 Å². The smallest absolute Gasteiger partial charge is 0.226 e. The normalized spacial score (nSPS) is 29.5. The lowest BCUT2D eigenvalue weighted by Crippen LogP contribution is -2.53. The van der Waals surface area contributed by atoms with Gasteiger partial charge in [-0.25, -0.2) is 0 Å². The topological polar surface area (TPSA) is 54.3 Å². The van der Waals surface area contributed by atoms with Crippen LogP contribution in [-0.4, -0.2) is 63.4 Å². The Morgan fingerprint density at radius 2 is 2.14 bits per heavy atom. The quantitative estimate of drug-likeness (QED) is 0.830. The van der Waals surface area contributed by atoms with Gasteiger partial charge < -0.3 is 9.80 Å². The van der Waals surface area contributed by atoms with E-state index < -0.39 is 0 Å². The maximum Gasteiger partial charge on any atom is 0.226 e. The molecule has 3 rings (SSSR count). The fourth-order valence-electron chi connectivity index (χ4n) is 3.47. The number of likely N-dealkylation sites (tertiary alicyclic amines) is 1. The molecule has 2 heterocycles. The fourth-order valence-corrected chi connectivity index (χ4v) is 3.47. The minimum atomic E-state index is 0.230. The Labute approximate surface area is 126 Å². The number of rotatable bonds is 4. The third-order valence-electron chi connectivity index (χ3n) is 4.97. The first-order valence-corrected chi connectivity index (χ1v) is 7.96. The zero-order valence-corrected chi connectivity index (χ0v) is 13.0. The van der Waals surface area contributed by atoms with Crippen LogP contribution in [0.4, 0.5) is 0 Å². The fraction of sp³-hybridized carbons (Fsp3) is 0.800. The number of nitrogens with zero attached hydrogens (tertiary/aromatic N) is 5. The van der Waals surface area contributed by atoms with Crippen molar-refractivity contribution in [3.63, 3.8) is 0 Å². The average Bonchev–Trinajstić information content (AvgIpc) is 2.90. The van der Waals surface area contributed by atoms with Crippen molar-refractivity contribution in [3.05, 3.63) is 12.4 Å². The molecule has 1 amide bonds. The van der Waals surface area contributed by atoms with Crippen molar-refractivity contribution in [1.29, 1.82) is 0 Å². The minimum Gasteiger partial charge on any atom is -0.338 e. The van der Waals surface area contributed by atoms with Crippen molar-refractivity contribution in [3.8, 4) is 0 Å². The molecule has 0 bridgehead atoms. The molecule has 0 radical (unpaired) electrons. The Morgan fingerprint density at radius 1 is 1.33 bits per heavy atom. The van der Waals surface area contributed by atoms with Gasteiger partial charge in [0.1, 0.15) is 0 Å². The molecule has 6 nitrogen and oxygen atoms in total. The van der Waals surface area contributed by atoms with Gasteiger partial charge in [-0.1, -0.05) is 5.21 Å². The summed E-state index contributed by atoms with van der Waals surface area (Å²) in [4.78, 5) is 17.1. The number of carbonyl (C=O) groups is 1. The molecule has 2 aliphatic rings. The Morgan fingerprint density at radius 3 is 2.81 bits per heavy atom. The van der Waals surface area contributed by atoms with Crippen LogP contribution in [0.15, 0.2) is 12.4 Å². The monoisotopic (exact) mass is 291 g/mol. The first kappa shape index (κ1) is 14.5. The van der Waals surface area contributed by atoms with E-state index in [1.807, 2.05) is 10.9 Å². The van der Waals surface area contributed by atoms with E-state index in [2.05, 4.69) is 34.2 Å². The molecule has 1 saturated carbocycles. The number of hydrogen-bond acceptors (Lipinski definition) is 4. The van der Waals surface area contributed by atoms with E-state index in [0.29, 0.717) is 11.9 Å². The summed E-state index contributed by atoms with van der Waals surface area (Å²) in [5.74, 6) is 0.590. The van der Waals surface area contributed by atoms with Crippen molar-refractivity contribution in [2.45, 2.75) is 50.7 Å². The molecule has 1 aromatic heterocycles. The lowest BCUT2D eigenvalue weighted by Gasteiger charge is -2.44. The van der Waals surface area contributed by atoms with Crippen LogP contribution in [0.5, 0.6) is 0 Å². The molecule has 0 aromatic carbocycles. The lowest BCUT2D eigenvalue weighted by molar-refractivity contribution is -0.144. The van der Waals surface area contributed by atoms with Crippen LogP contribution in [0, 0.1) is 5.92 Å². The predicted octanol–water partition coefficient (Wildman–Crippen LogP) is 0.999. The number of amides is 1. The summed E-state index contributed by atoms with van der Waals surface area (Å²) in [6.45, 7) is 1.68. The van der Waals surface area contributed by atoms with Crippen LogP contribution in [0.3, 0.4) is 0 Å². The predicted molar refractivity (Wildman–Crippen MR) is 79.6 cm³/mol. The Kier molecular flexibility index (Phi) is 4.24. The van der Waals surface area contributed by atoms with Crippen molar-refractivity contribution in [2.75, 3.05) is 20.6 Å². The summed E-state index contributed by atoms with van der Waals surface area (Å²) < 4.78 is 1.85. The van der Waals surface area contributed by atoms with Crippen LogP contribution in [0.2, 0.25) is 0 Å². The summed E-state index contributed by atoms with van der Waals surface area (Å²) >= 11 is 0. The molecule has 2 fully saturated rings. The summed E-state index contributed by atoms with van der Waals surface area (Å²) in [7, 11) is 4.19. The van der Waals surface area contributed by atoms with Crippen LogP contribution in [0.1, 0.15) is 32.1 Å². The lowest BCUT2D eigenvalue weighted by atomic mass is 9.78. The van der Waals surface area contributed by atoms with E-state index in [-0.39, 0.29) is 12.0 Å². The number of piperidine rings is 1. The van der Waals surface area contributed by atoms with Crippen LogP contribution in [-0.2, 0) is 11.3 Å². The highest BCUT2D eigenvalue weighted by Gasteiger charge is 2.40. The second kappa shape index (κ2) is 6.13. The molecule has 116 valence electrons. The molecule has 1 aliphatic carbocycles. The molecule has 0 N–H and O–H groups in total. The van der Waals surface area contributed by atoms with Gasteiger partial charge in [0.05, 0.1) is 18.8 Å². The first-order valence-electron chi connectivity index (χ1n) is 7.96. The summed E-state index contributed by atoms with van der Waals surface area (Å²) in [6.07, 6.45) is 9.01. The van der Waals surface area contributed by atoms with Gasteiger partial charge in [0.2, 0.25) is 5.91 Å². The largest absolute Gasteiger partial charge is 0.338 e. The zero-order chi connectivity index (χ0) is 14.8. The highest BCUT2D eigenvalue weighted by molar-refractivity contribution is 5.80. The second-order valence-electron chi connectivity index (χ2n) is 6.59. The third kappa shape index (κ3) is 3.10.